The molecule has 0 aliphatic carbocycles. The molecule has 0 saturated carbocycles. The Morgan fingerprint density at radius 2 is 2.13 bits per heavy atom. The van der Waals surface area contributed by atoms with Gasteiger partial charge >= 0.3 is 0 Å². The van der Waals surface area contributed by atoms with E-state index in [4.69, 9.17) is 11.6 Å². The lowest BCUT2D eigenvalue weighted by Crippen LogP contribution is -2.39. The molecule has 2 aromatic rings. The Bertz CT molecular complexity index is 714. The molecule has 0 unspecified atom stereocenters. The normalized spacial score (nSPS) is 13.6. The predicted molar refractivity (Wildman–Crippen MR) is 95.0 cm³/mol. The standard InChI is InChI=1S/C19H21ClN2O/c1-14-7-8-18-16(10-14)5-3-9-22(18)13-19(23)21-12-15-4-2-6-17(20)11-15/h2,4,6-8,10-11H,3,5,9,12-13H2,1H3,(H,21,23). The molecule has 1 aliphatic heterocycles. The Hall–Kier alpha value is -2.00. The number of nitrogens with one attached hydrogen (secondary N) is 1. The number of anilines is 1. The van der Waals surface area contributed by atoms with Gasteiger partial charge in [-0.1, -0.05) is 41.4 Å². The molecule has 0 atom stereocenters. The molecule has 1 heterocycles. The van der Waals surface area contributed by atoms with Crippen molar-refractivity contribution < 1.29 is 4.79 Å². The van der Waals surface area contributed by atoms with Gasteiger partial charge in [-0.15, -0.1) is 0 Å². The summed E-state index contributed by atoms with van der Waals surface area (Å²) in [5, 5.41) is 3.67. The molecule has 1 amide bonds. The van der Waals surface area contributed by atoms with Crippen LogP contribution in [0.1, 0.15) is 23.1 Å². The second-order valence-electron chi connectivity index (χ2n) is 6.06. The van der Waals surface area contributed by atoms with E-state index in [1.807, 2.05) is 24.3 Å². The molecule has 120 valence electrons. The van der Waals surface area contributed by atoms with Gasteiger partial charge in [-0.05, 0) is 49.1 Å². The highest BCUT2D eigenvalue weighted by Crippen LogP contribution is 2.27. The Morgan fingerprint density at radius 3 is 2.96 bits per heavy atom. The molecule has 2 aromatic carbocycles. The Morgan fingerprint density at radius 1 is 1.26 bits per heavy atom. The number of carbonyl (C=O) groups excluding carboxylic acids is 1. The summed E-state index contributed by atoms with van der Waals surface area (Å²) >= 11 is 5.96. The maximum Gasteiger partial charge on any atom is 0.239 e. The van der Waals surface area contributed by atoms with Gasteiger partial charge in [-0.3, -0.25) is 4.79 Å². The Kier molecular flexibility index (Phi) is 4.87. The number of aryl methyl sites for hydroxylation is 2. The zero-order valence-corrected chi connectivity index (χ0v) is 14.1. The van der Waals surface area contributed by atoms with Gasteiger partial charge in [0.05, 0.1) is 6.54 Å². The molecule has 0 spiro atoms. The van der Waals surface area contributed by atoms with E-state index in [1.165, 1.54) is 16.8 Å². The SMILES string of the molecule is Cc1ccc2c(c1)CCCN2CC(=O)NCc1cccc(Cl)c1. The van der Waals surface area contributed by atoms with Crippen LogP contribution in [0.15, 0.2) is 42.5 Å². The van der Waals surface area contributed by atoms with Gasteiger partial charge < -0.3 is 10.2 Å². The largest absolute Gasteiger partial charge is 0.362 e. The minimum Gasteiger partial charge on any atom is -0.362 e. The fourth-order valence-corrected chi connectivity index (χ4v) is 3.26. The summed E-state index contributed by atoms with van der Waals surface area (Å²) in [5.41, 5.74) is 4.83. The summed E-state index contributed by atoms with van der Waals surface area (Å²) in [4.78, 5) is 14.4. The van der Waals surface area contributed by atoms with E-state index in [2.05, 4.69) is 35.3 Å². The third kappa shape index (κ3) is 4.05. The van der Waals surface area contributed by atoms with Crippen molar-refractivity contribution in [2.45, 2.75) is 26.3 Å². The first-order valence-corrected chi connectivity index (χ1v) is 8.35. The van der Waals surface area contributed by atoms with Crippen molar-refractivity contribution in [3.63, 3.8) is 0 Å². The Balaban J connectivity index is 1.61. The van der Waals surface area contributed by atoms with Gasteiger partial charge in [0.2, 0.25) is 5.91 Å². The molecular weight excluding hydrogens is 308 g/mol. The highest BCUT2D eigenvalue weighted by Gasteiger charge is 2.18. The first-order chi connectivity index (χ1) is 11.1. The number of nitrogens with zero attached hydrogens (tertiary/aromatic N) is 1. The third-order valence-electron chi connectivity index (χ3n) is 4.16. The fourth-order valence-electron chi connectivity index (χ4n) is 3.04. The topological polar surface area (TPSA) is 32.3 Å². The minimum atomic E-state index is 0.0402. The summed E-state index contributed by atoms with van der Waals surface area (Å²) in [6.07, 6.45) is 2.19. The summed E-state index contributed by atoms with van der Waals surface area (Å²) in [5.74, 6) is 0.0402. The highest BCUT2D eigenvalue weighted by molar-refractivity contribution is 6.30. The predicted octanol–water partition coefficient (Wildman–Crippen LogP) is 3.72. The monoisotopic (exact) mass is 328 g/mol. The van der Waals surface area contributed by atoms with Crippen LogP contribution in [0.5, 0.6) is 0 Å². The molecule has 0 saturated heterocycles. The zero-order chi connectivity index (χ0) is 16.2. The van der Waals surface area contributed by atoms with E-state index in [-0.39, 0.29) is 5.91 Å². The van der Waals surface area contributed by atoms with E-state index in [0.717, 1.165) is 24.9 Å². The number of halogens is 1. The lowest BCUT2D eigenvalue weighted by molar-refractivity contribution is -0.119. The summed E-state index contributed by atoms with van der Waals surface area (Å²) in [6, 6.07) is 14.0. The number of amides is 1. The molecule has 0 radical (unpaired) electrons. The molecule has 1 aliphatic rings. The molecule has 4 heteroatoms. The van der Waals surface area contributed by atoms with Crippen LogP contribution >= 0.6 is 11.6 Å². The van der Waals surface area contributed by atoms with Crippen molar-refractivity contribution in [3.05, 3.63) is 64.2 Å². The van der Waals surface area contributed by atoms with E-state index >= 15 is 0 Å². The molecule has 3 rings (SSSR count). The first-order valence-electron chi connectivity index (χ1n) is 7.97. The number of hydrogen-bond donors (Lipinski definition) is 1. The molecule has 0 bridgehead atoms. The van der Waals surface area contributed by atoms with Crippen LogP contribution in [0, 0.1) is 6.92 Å². The smallest absolute Gasteiger partial charge is 0.239 e. The van der Waals surface area contributed by atoms with Crippen LogP contribution in [-0.2, 0) is 17.8 Å². The second-order valence-corrected chi connectivity index (χ2v) is 6.50. The molecular formula is C19H21ClN2O. The van der Waals surface area contributed by atoms with Crippen molar-refractivity contribution in [2.75, 3.05) is 18.0 Å². The maximum atomic E-state index is 12.3. The van der Waals surface area contributed by atoms with Crippen molar-refractivity contribution in [3.8, 4) is 0 Å². The summed E-state index contributed by atoms with van der Waals surface area (Å²) in [6.45, 7) is 3.95. The number of rotatable bonds is 4. The lowest BCUT2D eigenvalue weighted by Gasteiger charge is -2.31. The highest BCUT2D eigenvalue weighted by atomic mass is 35.5. The van der Waals surface area contributed by atoms with Gasteiger partial charge in [-0.25, -0.2) is 0 Å². The van der Waals surface area contributed by atoms with Crippen LogP contribution in [0.25, 0.3) is 0 Å². The Labute approximate surface area is 142 Å². The second kappa shape index (κ2) is 7.05. The van der Waals surface area contributed by atoms with Gasteiger partial charge in [-0.2, -0.15) is 0 Å². The van der Waals surface area contributed by atoms with E-state index in [0.29, 0.717) is 18.1 Å². The van der Waals surface area contributed by atoms with Crippen LogP contribution in [0.2, 0.25) is 5.02 Å². The number of hydrogen-bond acceptors (Lipinski definition) is 2. The average Bonchev–Trinajstić information content (AvgIpc) is 2.53. The van der Waals surface area contributed by atoms with Crippen LogP contribution in [0.3, 0.4) is 0 Å². The first kappa shape index (κ1) is 15.9. The molecule has 0 aromatic heterocycles. The van der Waals surface area contributed by atoms with Crippen LogP contribution in [0.4, 0.5) is 5.69 Å². The third-order valence-corrected chi connectivity index (χ3v) is 4.40. The van der Waals surface area contributed by atoms with Gasteiger partial charge in [0.15, 0.2) is 0 Å². The fraction of sp³-hybridized carbons (Fsp3) is 0.316. The van der Waals surface area contributed by atoms with Crippen LogP contribution < -0.4 is 10.2 Å². The molecule has 23 heavy (non-hydrogen) atoms. The molecule has 1 N–H and O–H groups in total. The van der Waals surface area contributed by atoms with Crippen molar-refractivity contribution >= 4 is 23.2 Å². The number of fused-ring (bicyclic) bond motifs is 1. The average molecular weight is 329 g/mol. The van der Waals surface area contributed by atoms with E-state index < -0.39 is 0 Å². The van der Waals surface area contributed by atoms with Gasteiger partial charge in [0, 0.05) is 23.8 Å². The minimum absolute atomic E-state index is 0.0402. The van der Waals surface area contributed by atoms with E-state index in [1.54, 1.807) is 0 Å². The molecule has 3 nitrogen and oxygen atoms in total. The zero-order valence-electron chi connectivity index (χ0n) is 13.3. The summed E-state index contributed by atoms with van der Waals surface area (Å²) < 4.78 is 0. The van der Waals surface area contributed by atoms with Crippen molar-refractivity contribution in [1.29, 1.82) is 0 Å². The van der Waals surface area contributed by atoms with Crippen molar-refractivity contribution in [1.82, 2.24) is 5.32 Å². The quantitative estimate of drug-likeness (QED) is 0.927. The van der Waals surface area contributed by atoms with Crippen LogP contribution in [-0.4, -0.2) is 19.0 Å². The number of carbonyl (C=O) groups is 1. The number of benzene rings is 2. The summed E-state index contributed by atoms with van der Waals surface area (Å²) in [7, 11) is 0. The van der Waals surface area contributed by atoms with E-state index in [9.17, 15) is 4.79 Å². The van der Waals surface area contributed by atoms with Gasteiger partial charge in [0.1, 0.15) is 0 Å². The lowest BCUT2D eigenvalue weighted by atomic mass is 9.99. The van der Waals surface area contributed by atoms with Crippen molar-refractivity contribution in [2.24, 2.45) is 0 Å². The van der Waals surface area contributed by atoms with Gasteiger partial charge in [0.25, 0.3) is 0 Å². The maximum absolute atomic E-state index is 12.3. The molecule has 0 fully saturated rings.